The Balaban J connectivity index is 1.77. The number of aliphatic carboxylic acids is 1. The van der Waals surface area contributed by atoms with Gasteiger partial charge in [-0.25, -0.2) is 4.39 Å². The average Bonchev–Trinajstić information content (AvgIpc) is 3.39. The van der Waals surface area contributed by atoms with Gasteiger partial charge in [-0.05, 0) is 82.9 Å². The molecule has 126 valence electrons. The molecule has 2 aliphatic carbocycles. The van der Waals surface area contributed by atoms with Gasteiger partial charge in [0.15, 0.2) is 0 Å². The molecule has 2 nitrogen and oxygen atoms in total. The van der Waals surface area contributed by atoms with E-state index in [9.17, 15) is 14.3 Å². The third-order valence-electron chi connectivity index (χ3n) is 5.08. The second-order valence-corrected chi connectivity index (χ2v) is 6.86. The summed E-state index contributed by atoms with van der Waals surface area (Å²) in [6.45, 7) is 1.92. The highest BCUT2D eigenvalue weighted by Crippen LogP contribution is 2.44. The van der Waals surface area contributed by atoms with Gasteiger partial charge in [-0.1, -0.05) is 30.3 Å². The summed E-state index contributed by atoms with van der Waals surface area (Å²) in [6.07, 6.45) is 4.53. The van der Waals surface area contributed by atoms with Gasteiger partial charge >= 0.3 is 5.97 Å². The molecule has 2 aromatic rings. The fourth-order valence-corrected chi connectivity index (χ4v) is 3.58. The Morgan fingerprint density at radius 1 is 1.16 bits per heavy atom. The third kappa shape index (κ3) is 3.02. The second kappa shape index (κ2) is 5.99. The first kappa shape index (κ1) is 15.8. The summed E-state index contributed by atoms with van der Waals surface area (Å²) >= 11 is 0. The summed E-state index contributed by atoms with van der Waals surface area (Å²) in [5, 5.41) is 9.20. The maximum atomic E-state index is 13.7. The lowest BCUT2D eigenvalue weighted by atomic mass is 9.99. The molecular formula is C22H19FO2. The Morgan fingerprint density at radius 2 is 1.88 bits per heavy atom. The average molecular weight is 334 g/mol. The first-order valence-corrected chi connectivity index (χ1v) is 8.57. The number of benzene rings is 2. The van der Waals surface area contributed by atoms with Crippen LogP contribution < -0.4 is 0 Å². The Morgan fingerprint density at radius 3 is 2.52 bits per heavy atom. The van der Waals surface area contributed by atoms with Gasteiger partial charge in [-0.3, -0.25) is 4.79 Å². The zero-order chi connectivity index (χ0) is 17.6. The van der Waals surface area contributed by atoms with Crippen LogP contribution in [0.3, 0.4) is 0 Å². The third-order valence-corrected chi connectivity index (χ3v) is 5.08. The van der Waals surface area contributed by atoms with Crippen LogP contribution in [-0.2, 0) is 4.79 Å². The van der Waals surface area contributed by atoms with Crippen molar-refractivity contribution in [2.75, 3.05) is 0 Å². The van der Waals surface area contributed by atoms with E-state index in [-0.39, 0.29) is 12.2 Å². The van der Waals surface area contributed by atoms with Gasteiger partial charge < -0.3 is 5.11 Å². The van der Waals surface area contributed by atoms with Gasteiger partial charge in [-0.15, -0.1) is 0 Å². The first-order valence-electron chi connectivity index (χ1n) is 8.57. The van der Waals surface area contributed by atoms with Crippen molar-refractivity contribution < 1.29 is 14.3 Å². The maximum Gasteiger partial charge on any atom is 0.307 e. The molecule has 0 aliphatic heterocycles. The van der Waals surface area contributed by atoms with Crippen LogP contribution in [0, 0.1) is 5.82 Å². The summed E-state index contributed by atoms with van der Waals surface area (Å²) in [7, 11) is 0. The van der Waals surface area contributed by atoms with Crippen molar-refractivity contribution in [2.24, 2.45) is 0 Å². The van der Waals surface area contributed by atoms with Crippen molar-refractivity contribution in [3.63, 3.8) is 0 Å². The Bertz CT molecular complexity index is 916. The molecule has 3 heteroatoms. The highest BCUT2D eigenvalue weighted by atomic mass is 19.1. The topological polar surface area (TPSA) is 37.3 Å². The maximum absolute atomic E-state index is 13.7. The van der Waals surface area contributed by atoms with Gasteiger partial charge in [0.25, 0.3) is 0 Å². The first-order chi connectivity index (χ1) is 12.0. The normalized spacial score (nSPS) is 17.9. The standard InChI is InChI=1S/C22H19FO2/c1-13-19(10-14-2-4-15(5-3-14)16-6-7-16)18-9-8-17(23)11-21(18)20(13)12-22(24)25/h2-5,8-11,16H,6-7,12H2,1H3,(H,24,25)/b19-10-. The molecule has 0 bridgehead atoms. The minimum Gasteiger partial charge on any atom is -0.481 e. The number of fused-ring (bicyclic) bond motifs is 1. The molecule has 2 aliphatic rings. The van der Waals surface area contributed by atoms with Crippen LogP contribution in [-0.4, -0.2) is 11.1 Å². The molecule has 0 atom stereocenters. The number of carbonyl (C=O) groups is 1. The van der Waals surface area contributed by atoms with Gasteiger partial charge in [0.05, 0.1) is 6.42 Å². The quantitative estimate of drug-likeness (QED) is 0.801. The number of hydrogen-bond donors (Lipinski definition) is 1. The van der Waals surface area contributed by atoms with Crippen LogP contribution in [0.1, 0.15) is 54.4 Å². The molecule has 2 aromatic carbocycles. The Kier molecular flexibility index (Phi) is 3.79. The van der Waals surface area contributed by atoms with E-state index in [0.717, 1.165) is 28.2 Å². The number of hydrogen-bond acceptors (Lipinski definition) is 1. The number of halogens is 1. The van der Waals surface area contributed by atoms with Crippen molar-refractivity contribution >= 4 is 23.2 Å². The molecule has 0 radical (unpaired) electrons. The predicted molar refractivity (Wildman–Crippen MR) is 97.5 cm³/mol. The van der Waals surface area contributed by atoms with Crippen LogP contribution in [0.4, 0.5) is 4.39 Å². The van der Waals surface area contributed by atoms with Crippen molar-refractivity contribution in [3.8, 4) is 0 Å². The highest BCUT2D eigenvalue weighted by Gasteiger charge is 2.26. The summed E-state index contributed by atoms with van der Waals surface area (Å²) in [5.41, 5.74) is 6.64. The number of carboxylic acid groups (broad SMARTS) is 1. The molecule has 25 heavy (non-hydrogen) atoms. The molecule has 0 unspecified atom stereocenters. The van der Waals surface area contributed by atoms with E-state index in [1.165, 1.54) is 30.5 Å². The van der Waals surface area contributed by atoms with E-state index >= 15 is 0 Å². The minimum atomic E-state index is -0.903. The van der Waals surface area contributed by atoms with Crippen LogP contribution in [0.25, 0.3) is 17.2 Å². The molecule has 1 fully saturated rings. The molecule has 4 rings (SSSR count). The smallest absolute Gasteiger partial charge is 0.307 e. The summed E-state index contributed by atoms with van der Waals surface area (Å²) < 4.78 is 13.7. The summed E-state index contributed by atoms with van der Waals surface area (Å²) in [5.74, 6) is -0.523. The number of allylic oxidation sites excluding steroid dienone is 2. The number of rotatable bonds is 4. The zero-order valence-electron chi connectivity index (χ0n) is 14.1. The number of carboxylic acids is 1. The second-order valence-electron chi connectivity index (χ2n) is 6.86. The van der Waals surface area contributed by atoms with Crippen LogP contribution in [0.2, 0.25) is 0 Å². The fourth-order valence-electron chi connectivity index (χ4n) is 3.58. The molecule has 1 N–H and O–H groups in total. The van der Waals surface area contributed by atoms with Crippen molar-refractivity contribution in [1.82, 2.24) is 0 Å². The van der Waals surface area contributed by atoms with E-state index in [1.807, 2.05) is 6.92 Å². The van der Waals surface area contributed by atoms with Gasteiger partial charge in [0.2, 0.25) is 0 Å². The summed E-state index contributed by atoms with van der Waals surface area (Å²) in [4.78, 5) is 11.2. The van der Waals surface area contributed by atoms with Crippen molar-refractivity contribution in [1.29, 1.82) is 0 Å². The van der Waals surface area contributed by atoms with E-state index in [4.69, 9.17) is 0 Å². The van der Waals surface area contributed by atoms with Crippen molar-refractivity contribution in [3.05, 3.63) is 76.1 Å². The minimum absolute atomic E-state index is 0.0970. The van der Waals surface area contributed by atoms with E-state index in [2.05, 4.69) is 30.3 Å². The highest BCUT2D eigenvalue weighted by molar-refractivity contribution is 6.07. The molecule has 0 amide bonds. The molecular weight excluding hydrogens is 315 g/mol. The zero-order valence-corrected chi connectivity index (χ0v) is 14.1. The van der Waals surface area contributed by atoms with E-state index < -0.39 is 5.97 Å². The monoisotopic (exact) mass is 334 g/mol. The van der Waals surface area contributed by atoms with Crippen LogP contribution >= 0.6 is 0 Å². The lowest BCUT2D eigenvalue weighted by molar-refractivity contribution is -0.135. The summed E-state index contributed by atoms with van der Waals surface area (Å²) in [6, 6.07) is 13.2. The van der Waals surface area contributed by atoms with E-state index in [1.54, 1.807) is 6.07 Å². The predicted octanol–water partition coefficient (Wildman–Crippen LogP) is 5.51. The lowest BCUT2D eigenvalue weighted by Crippen LogP contribution is -1.97. The van der Waals surface area contributed by atoms with E-state index in [0.29, 0.717) is 11.1 Å². The van der Waals surface area contributed by atoms with Crippen LogP contribution in [0.15, 0.2) is 48.0 Å². The fraction of sp³-hybridized carbons (Fsp3) is 0.227. The van der Waals surface area contributed by atoms with Crippen LogP contribution in [0.5, 0.6) is 0 Å². The molecule has 0 heterocycles. The SMILES string of the molecule is CC1=C(CC(=O)O)c2cc(F)ccc2/C1=C\c1ccc(C2CC2)cc1. The molecule has 0 spiro atoms. The molecule has 0 saturated heterocycles. The van der Waals surface area contributed by atoms with Gasteiger partial charge in [0.1, 0.15) is 5.82 Å². The van der Waals surface area contributed by atoms with Crippen molar-refractivity contribution in [2.45, 2.75) is 32.1 Å². The Hall–Kier alpha value is -2.68. The Labute approximate surface area is 146 Å². The van der Waals surface area contributed by atoms with Gasteiger partial charge in [-0.2, -0.15) is 0 Å². The van der Waals surface area contributed by atoms with Gasteiger partial charge in [0, 0.05) is 0 Å². The molecule has 0 aromatic heterocycles. The largest absolute Gasteiger partial charge is 0.481 e. The lowest BCUT2D eigenvalue weighted by Gasteiger charge is -2.05. The molecule has 1 saturated carbocycles.